The number of Topliss-reactive ketones (excluding diaryl/α,β-unsaturated/α-hetero) is 1. The number of halogens is 1. The first kappa shape index (κ1) is 21.8. The molecule has 0 saturated heterocycles. The summed E-state index contributed by atoms with van der Waals surface area (Å²) in [5, 5.41) is 0. The minimum Gasteiger partial charge on any atom is -0.489 e. The maximum atomic E-state index is 14.0. The molecule has 3 aromatic rings. The number of hydrogen-bond acceptors (Lipinski definition) is 2. The van der Waals surface area contributed by atoms with Crippen LogP contribution in [0.4, 0.5) is 0 Å². The summed E-state index contributed by atoms with van der Waals surface area (Å²) in [6.07, 6.45) is 0.423. The predicted octanol–water partition coefficient (Wildman–Crippen LogP) is 7.53. The van der Waals surface area contributed by atoms with Gasteiger partial charge in [0.05, 0.1) is 5.92 Å². The first-order chi connectivity index (χ1) is 14.9. The van der Waals surface area contributed by atoms with E-state index in [-0.39, 0.29) is 11.7 Å². The summed E-state index contributed by atoms with van der Waals surface area (Å²) in [5.74, 6) is 1.40. The molecule has 0 aliphatic carbocycles. The molecule has 0 bridgehead atoms. The number of carbonyl (C=O) groups is 1. The van der Waals surface area contributed by atoms with Gasteiger partial charge in [-0.2, -0.15) is 0 Å². The van der Waals surface area contributed by atoms with Crippen molar-refractivity contribution in [2.24, 2.45) is 0 Å². The van der Waals surface area contributed by atoms with Gasteiger partial charge in [0.25, 0.3) is 0 Å². The molecule has 0 radical (unpaired) electrons. The summed E-state index contributed by atoms with van der Waals surface area (Å²) < 4.78 is 7.07. The Labute approximate surface area is 193 Å². The minimum atomic E-state index is -0.341. The fourth-order valence-corrected chi connectivity index (χ4v) is 5.06. The molecule has 1 atom stereocenters. The molecule has 1 aliphatic rings. The Morgan fingerprint density at radius 1 is 0.935 bits per heavy atom. The molecule has 0 amide bonds. The first-order valence-corrected chi connectivity index (χ1v) is 11.8. The van der Waals surface area contributed by atoms with Gasteiger partial charge in [-0.15, -0.1) is 0 Å². The van der Waals surface area contributed by atoms with Crippen LogP contribution in [0.1, 0.15) is 78.8 Å². The van der Waals surface area contributed by atoms with Gasteiger partial charge in [0, 0.05) is 16.5 Å². The van der Waals surface area contributed by atoms with E-state index in [1.54, 1.807) is 0 Å². The van der Waals surface area contributed by atoms with E-state index >= 15 is 0 Å². The standard InChI is InChI=1S/C28H29BrO2/c1-17(2)21-10-7-11-22(18(3)4)24(21)15-26(30)28-23-9-6-5-8-19(23)16-31-27-13-12-20(29)14-25(27)28/h5-14,17-18,28H,15-16H2,1-4H3. The Hall–Kier alpha value is -2.39. The normalized spacial score (nSPS) is 15.3. The maximum absolute atomic E-state index is 14.0. The SMILES string of the molecule is CC(C)c1cccc(C(C)C)c1CC(=O)C1c2ccccc2COc2ccc(Br)cc21. The van der Waals surface area contributed by atoms with Gasteiger partial charge in [-0.3, -0.25) is 4.79 Å². The fraction of sp³-hybridized carbons (Fsp3) is 0.321. The molecule has 1 unspecified atom stereocenters. The molecule has 3 aromatic carbocycles. The third kappa shape index (κ3) is 4.34. The number of benzene rings is 3. The second-order valence-corrected chi connectivity index (χ2v) is 9.89. The Morgan fingerprint density at radius 3 is 2.29 bits per heavy atom. The van der Waals surface area contributed by atoms with Crippen molar-refractivity contribution < 1.29 is 9.53 Å². The lowest BCUT2D eigenvalue weighted by Gasteiger charge is -2.23. The molecule has 160 valence electrons. The van der Waals surface area contributed by atoms with Crippen molar-refractivity contribution in [1.29, 1.82) is 0 Å². The van der Waals surface area contributed by atoms with Crippen LogP contribution in [-0.2, 0) is 17.8 Å². The van der Waals surface area contributed by atoms with E-state index in [4.69, 9.17) is 4.74 Å². The Morgan fingerprint density at radius 2 is 1.61 bits per heavy atom. The monoisotopic (exact) mass is 476 g/mol. The first-order valence-electron chi connectivity index (χ1n) is 11.0. The highest BCUT2D eigenvalue weighted by atomic mass is 79.9. The van der Waals surface area contributed by atoms with Gasteiger partial charge >= 0.3 is 0 Å². The molecular weight excluding hydrogens is 448 g/mol. The van der Waals surface area contributed by atoms with Crippen molar-refractivity contribution in [3.63, 3.8) is 0 Å². The second kappa shape index (κ2) is 9.00. The number of ether oxygens (including phenoxy) is 1. The lowest BCUT2D eigenvalue weighted by Crippen LogP contribution is -2.19. The summed E-state index contributed by atoms with van der Waals surface area (Å²) in [6, 6.07) is 20.6. The minimum absolute atomic E-state index is 0.215. The van der Waals surface area contributed by atoms with Crippen LogP contribution in [0.5, 0.6) is 5.75 Å². The average Bonchev–Trinajstić information content (AvgIpc) is 2.89. The van der Waals surface area contributed by atoms with Gasteiger partial charge in [0.2, 0.25) is 0 Å². The van der Waals surface area contributed by atoms with Crippen LogP contribution in [0, 0.1) is 0 Å². The molecule has 31 heavy (non-hydrogen) atoms. The van der Waals surface area contributed by atoms with E-state index in [2.05, 4.69) is 74.0 Å². The van der Waals surface area contributed by atoms with Crippen LogP contribution >= 0.6 is 15.9 Å². The molecule has 0 spiro atoms. The average molecular weight is 477 g/mol. The van der Waals surface area contributed by atoms with Crippen molar-refractivity contribution in [1.82, 2.24) is 0 Å². The molecule has 2 nitrogen and oxygen atoms in total. The third-order valence-electron chi connectivity index (χ3n) is 6.20. The van der Waals surface area contributed by atoms with Crippen LogP contribution in [-0.4, -0.2) is 5.78 Å². The number of ketones is 1. The largest absolute Gasteiger partial charge is 0.489 e. The zero-order valence-corrected chi connectivity index (χ0v) is 20.2. The highest BCUT2D eigenvalue weighted by molar-refractivity contribution is 9.10. The lowest BCUT2D eigenvalue weighted by molar-refractivity contribution is -0.119. The topological polar surface area (TPSA) is 26.3 Å². The van der Waals surface area contributed by atoms with Crippen LogP contribution in [0.3, 0.4) is 0 Å². The van der Waals surface area contributed by atoms with E-state index in [1.165, 1.54) is 16.7 Å². The summed E-state index contributed by atoms with van der Waals surface area (Å²) in [6.45, 7) is 9.29. The fourth-order valence-electron chi connectivity index (χ4n) is 4.68. The van der Waals surface area contributed by atoms with Gasteiger partial charge in [-0.1, -0.05) is 86.1 Å². The zero-order valence-electron chi connectivity index (χ0n) is 18.6. The van der Waals surface area contributed by atoms with Crippen LogP contribution in [0.25, 0.3) is 0 Å². The summed E-state index contributed by atoms with van der Waals surface area (Å²) in [5.41, 5.74) is 6.81. The van der Waals surface area contributed by atoms with E-state index in [9.17, 15) is 4.79 Å². The van der Waals surface area contributed by atoms with Crippen LogP contribution < -0.4 is 4.74 Å². The summed E-state index contributed by atoms with van der Waals surface area (Å²) in [7, 11) is 0. The number of fused-ring (bicyclic) bond motifs is 2. The van der Waals surface area contributed by atoms with Crippen molar-refractivity contribution in [2.75, 3.05) is 0 Å². The van der Waals surface area contributed by atoms with Gasteiger partial charge in [0.1, 0.15) is 18.1 Å². The number of rotatable bonds is 5. The molecule has 4 rings (SSSR count). The number of carbonyl (C=O) groups excluding carboxylic acids is 1. The quantitative estimate of drug-likeness (QED) is 0.380. The van der Waals surface area contributed by atoms with Crippen molar-refractivity contribution in [2.45, 2.75) is 58.5 Å². The highest BCUT2D eigenvalue weighted by Gasteiger charge is 2.31. The third-order valence-corrected chi connectivity index (χ3v) is 6.69. The predicted molar refractivity (Wildman–Crippen MR) is 130 cm³/mol. The highest BCUT2D eigenvalue weighted by Crippen LogP contribution is 2.40. The molecule has 0 aromatic heterocycles. The maximum Gasteiger partial charge on any atom is 0.149 e. The van der Waals surface area contributed by atoms with Crippen LogP contribution in [0.15, 0.2) is 65.1 Å². The Balaban J connectivity index is 1.84. The van der Waals surface area contributed by atoms with Gasteiger partial charge < -0.3 is 4.74 Å². The molecule has 0 fully saturated rings. The van der Waals surface area contributed by atoms with Crippen molar-refractivity contribution in [3.05, 3.63) is 98.5 Å². The van der Waals surface area contributed by atoms with E-state index in [0.717, 1.165) is 26.9 Å². The van der Waals surface area contributed by atoms with Gasteiger partial charge in [-0.05, 0) is 57.9 Å². The number of hydrogen-bond donors (Lipinski definition) is 0. The lowest BCUT2D eigenvalue weighted by atomic mass is 9.80. The summed E-state index contributed by atoms with van der Waals surface area (Å²) >= 11 is 3.59. The molecule has 1 aliphatic heterocycles. The van der Waals surface area contributed by atoms with E-state index in [0.29, 0.717) is 24.9 Å². The van der Waals surface area contributed by atoms with Crippen LogP contribution in [0.2, 0.25) is 0 Å². The molecular formula is C28H29BrO2. The molecule has 0 N–H and O–H groups in total. The summed E-state index contributed by atoms with van der Waals surface area (Å²) in [4.78, 5) is 14.0. The molecule has 0 saturated carbocycles. The molecule has 1 heterocycles. The smallest absolute Gasteiger partial charge is 0.149 e. The van der Waals surface area contributed by atoms with E-state index in [1.807, 2.05) is 30.3 Å². The second-order valence-electron chi connectivity index (χ2n) is 8.97. The zero-order chi connectivity index (χ0) is 22.1. The molecule has 3 heteroatoms. The van der Waals surface area contributed by atoms with Crippen molar-refractivity contribution in [3.8, 4) is 5.75 Å². The van der Waals surface area contributed by atoms with Crippen molar-refractivity contribution >= 4 is 21.7 Å². The Bertz CT molecular complexity index is 1090. The van der Waals surface area contributed by atoms with E-state index < -0.39 is 0 Å². The van der Waals surface area contributed by atoms with Gasteiger partial charge in [0.15, 0.2) is 0 Å². The Kier molecular flexibility index (Phi) is 6.34. The van der Waals surface area contributed by atoms with Gasteiger partial charge in [-0.25, -0.2) is 0 Å².